The quantitative estimate of drug-likeness (QED) is 0.462. The summed E-state index contributed by atoms with van der Waals surface area (Å²) in [5, 5.41) is 17.7. The van der Waals surface area contributed by atoms with Gasteiger partial charge >= 0.3 is 6.15 Å². The molecule has 0 aliphatic carbocycles. The number of benzene rings is 1. The van der Waals surface area contributed by atoms with Crippen molar-refractivity contribution in [1.29, 1.82) is 5.26 Å². The Kier molecular flexibility index (Phi) is 7.16. The predicted octanol–water partition coefficient (Wildman–Crippen LogP) is 2.32. The van der Waals surface area contributed by atoms with E-state index in [0.717, 1.165) is 30.2 Å². The van der Waals surface area contributed by atoms with Crippen LogP contribution >= 0.6 is 0 Å². The number of nitrogens with two attached hydrogens (primary N) is 1. The van der Waals surface area contributed by atoms with Crippen LogP contribution in [0.2, 0.25) is 0 Å². The van der Waals surface area contributed by atoms with Crippen molar-refractivity contribution in [3.63, 3.8) is 0 Å². The maximum absolute atomic E-state index is 9.16. The van der Waals surface area contributed by atoms with Crippen LogP contribution < -0.4 is 10.6 Å². The van der Waals surface area contributed by atoms with Gasteiger partial charge in [-0.15, -0.1) is 5.10 Å². The summed E-state index contributed by atoms with van der Waals surface area (Å²) in [5.74, 6) is 1.14. The fraction of sp³-hybridized carbons (Fsp3) is 0.208. The molecule has 0 radical (unpaired) electrons. The van der Waals surface area contributed by atoms with Gasteiger partial charge in [-0.05, 0) is 43.2 Å². The van der Waals surface area contributed by atoms with Gasteiger partial charge in [0.05, 0.1) is 41.5 Å². The Hall–Kier alpha value is -4.94. The molecule has 4 heterocycles. The van der Waals surface area contributed by atoms with Crippen LogP contribution in [0.15, 0.2) is 54.7 Å². The molecule has 11 nitrogen and oxygen atoms in total. The molecule has 5 rings (SSSR count). The first-order valence-electron chi connectivity index (χ1n) is 10.9. The lowest BCUT2D eigenvalue weighted by Gasteiger charge is -2.16. The molecule has 4 aromatic rings. The molecule has 1 aliphatic heterocycles. The zero-order chi connectivity index (χ0) is 24.6. The number of nitrogen functional groups attached to an aromatic ring is 1. The van der Waals surface area contributed by atoms with Gasteiger partial charge in [0.25, 0.3) is 0 Å². The first-order valence-corrected chi connectivity index (χ1v) is 10.9. The summed E-state index contributed by atoms with van der Waals surface area (Å²) in [6, 6.07) is 17.2. The molecule has 1 fully saturated rings. The number of carbonyl (C=O) groups excluding carboxylic acids is 2. The summed E-state index contributed by atoms with van der Waals surface area (Å²) in [6.07, 6.45) is 4.49. The Morgan fingerprint density at radius 2 is 1.69 bits per heavy atom. The molecular weight excluding hydrogens is 446 g/mol. The van der Waals surface area contributed by atoms with Crippen molar-refractivity contribution in [2.24, 2.45) is 0 Å². The SMILES string of the molecule is N#Cc1cccc(-c2cc(-c3cn(Cc4cccc(N5CCCC5)n4)nn3)nc(N)n2)c1.O=C=O. The maximum Gasteiger partial charge on any atom is 0.373 e. The third kappa shape index (κ3) is 5.71. The van der Waals surface area contributed by atoms with Crippen molar-refractivity contribution in [1.82, 2.24) is 29.9 Å². The highest BCUT2D eigenvalue weighted by molar-refractivity contribution is 5.68. The van der Waals surface area contributed by atoms with Gasteiger partial charge in [-0.3, -0.25) is 0 Å². The lowest BCUT2D eigenvalue weighted by atomic mass is 10.1. The predicted molar refractivity (Wildman–Crippen MR) is 125 cm³/mol. The smallest absolute Gasteiger partial charge is 0.368 e. The summed E-state index contributed by atoms with van der Waals surface area (Å²) in [5.41, 5.74) is 10.00. The topological polar surface area (TPSA) is 157 Å². The van der Waals surface area contributed by atoms with Crippen LogP contribution in [-0.2, 0) is 16.1 Å². The third-order valence-corrected chi connectivity index (χ3v) is 5.38. The molecule has 0 spiro atoms. The molecule has 35 heavy (non-hydrogen) atoms. The zero-order valence-electron chi connectivity index (χ0n) is 18.7. The van der Waals surface area contributed by atoms with Crippen LogP contribution in [0, 0.1) is 11.3 Å². The van der Waals surface area contributed by atoms with Crippen molar-refractivity contribution < 1.29 is 9.59 Å². The summed E-state index contributed by atoms with van der Waals surface area (Å²) in [7, 11) is 0. The average Bonchev–Trinajstić information content (AvgIpc) is 3.57. The fourth-order valence-corrected chi connectivity index (χ4v) is 3.83. The first kappa shape index (κ1) is 23.2. The molecule has 0 amide bonds. The number of rotatable bonds is 5. The van der Waals surface area contributed by atoms with Crippen molar-refractivity contribution >= 4 is 17.9 Å². The van der Waals surface area contributed by atoms with Gasteiger partial charge < -0.3 is 10.6 Å². The largest absolute Gasteiger partial charge is 0.373 e. The first-order chi connectivity index (χ1) is 17.1. The van der Waals surface area contributed by atoms with Gasteiger partial charge in [0.15, 0.2) is 0 Å². The van der Waals surface area contributed by atoms with Crippen molar-refractivity contribution in [2.75, 3.05) is 23.7 Å². The van der Waals surface area contributed by atoms with Gasteiger partial charge in [-0.1, -0.05) is 23.4 Å². The monoisotopic (exact) mass is 467 g/mol. The Morgan fingerprint density at radius 1 is 0.943 bits per heavy atom. The van der Waals surface area contributed by atoms with Gasteiger partial charge in [0.1, 0.15) is 11.5 Å². The summed E-state index contributed by atoms with van der Waals surface area (Å²) in [6.45, 7) is 2.61. The molecule has 3 aromatic heterocycles. The molecule has 1 aromatic carbocycles. The van der Waals surface area contributed by atoms with Crippen molar-refractivity contribution in [3.05, 3.63) is 66.0 Å². The van der Waals surface area contributed by atoms with Crippen LogP contribution in [0.25, 0.3) is 22.6 Å². The molecular formula is C24H21N9O2. The number of nitriles is 1. The summed E-state index contributed by atoms with van der Waals surface area (Å²) in [4.78, 5) is 32.0. The van der Waals surface area contributed by atoms with Crippen LogP contribution in [0.1, 0.15) is 24.1 Å². The van der Waals surface area contributed by atoms with Gasteiger partial charge in [-0.2, -0.15) is 14.9 Å². The fourth-order valence-electron chi connectivity index (χ4n) is 3.83. The van der Waals surface area contributed by atoms with E-state index in [2.05, 4.69) is 31.2 Å². The highest BCUT2D eigenvalue weighted by Gasteiger charge is 2.15. The standard InChI is InChI=1S/C23H21N9.CO2/c24-13-16-5-3-6-17(11-16)19-12-20(28-23(25)27-19)21-15-32(30-29-21)14-18-7-4-8-22(26-18)31-9-1-2-10-31;2-1-3/h3-8,11-12,15H,1-2,9-10,14H2,(H2,25,27,28);. The lowest BCUT2D eigenvalue weighted by molar-refractivity contribution is -0.191. The van der Waals surface area contributed by atoms with Gasteiger partial charge in [0, 0.05) is 18.7 Å². The van der Waals surface area contributed by atoms with Crippen LogP contribution in [-0.4, -0.2) is 49.2 Å². The highest BCUT2D eigenvalue weighted by Crippen LogP contribution is 2.24. The van der Waals surface area contributed by atoms with Gasteiger partial charge in [0.2, 0.25) is 5.95 Å². The van der Waals surface area contributed by atoms with Crippen molar-refractivity contribution in [2.45, 2.75) is 19.4 Å². The molecule has 174 valence electrons. The van der Waals surface area contributed by atoms with E-state index in [1.54, 1.807) is 22.9 Å². The normalized spacial score (nSPS) is 12.4. The van der Waals surface area contributed by atoms with E-state index in [1.807, 2.05) is 36.5 Å². The maximum atomic E-state index is 9.16. The average molecular weight is 467 g/mol. The molecule has 2 N–H and O–H groups in total. The van der Waals surface area contributed by atoms with Crippen LogP contribution in [0.3, 0.4) is 0 Å². The minimum Gasteiger partial charge on any atom is -0.368 e. The molecule has 11 heteroatoms. The van der Waals surface area contributed by atoms with E-state index in [4.69, 9.17) is 25.6 Å². The van der Waals surface area contributed by atoms with E-state index in [0.29, 0.717) is 29.2 Å². The number of nitrogens with zero attached hydrogens (tertiary/aromatic N) is 8. The zero-order valence-corrected chi connectivity index (χ0v) is 18.7. The molecule has 0 unspecified atom stereocenters. The third-order valence-electron chi connectivity index (χ3n) is 5.38. The molecule has 0 atom stereocenters. The van der Waals surface area contributed by atoms with E-state index in [-0.39, 0.29) is 12.1 Å². The van der Waals surface area contributed by atoms with Crippen LogP contribution in [0.5, 0.6) is 0 Å². The Morgan fingerprint density at radius 3 is 2.46 bits per heavy atom. The molecule has 0 saturated carbocycles. The molecule has 1 saturated heterocycles. The Bertz CT molecular complexity index is 1400. The number of anilines is 2. The van der Waals surface area contributed by atoms with Gasteiger partial charge in [-0.25, -0.2) is 19.6 Å². The lowest BCUT2D eigenvalue weighted by Crippen LogP contribution is -2.19. The number of hydrogen-bond donors (Lipinski definition) is 1. The molecule has 1 aliphatic rings. The Labute approximate surface area is 200 Å². The second-order valence-electron chi connectivity index (χ2n) is 7.76. The van der Waals surface area contributed by atoms with Crippen LogP contribution in [0.4, 0.5) is 11.8 Å². The van der Waals surface area contributed by atoms with E-state index >= 15 is 0 Å². The van der Waals surface area contributed by atoms with E-state index < -0.39 is 0 Å². The summed E-state index contributed by atoms with van der Waals surface area (Å²) >= 11 is 0. The van der Waals surface area contributed by atoms with Crippen molar-refractivity contribution in [3.8, 4) is 28.7 Å². The highest BCUT2D eigenvalue weighted by atomic mass is 16.2. The molecule has 0 bridgehead atoms. The number of aromatic nitrogens is 6. The Balaban J connectivity index is 0.000000917. The number of hydrogen-bond acceptors (Lipinski definition) is 10. The van der Waals surface area contributed by atoms with E-state index in [1.165, 1.54) is 12.8 Å². The minimum atomic E-state index is 0.134. The second kappa shape index (κ2) is 10.8. The van der Waals surface area contributed by atoms with E-state index in [9.17, 15) is 0 Å². The summed E-state index contributed by atoms with van der Waals surface area (Å²) < 4.78 is 1.74. The second-order valence-corrected chi connectivity index (χ2v) is 7.76. The number of pyridine rings is 1. The minimum absolute atomic E-state index is 0.134.